The number of halogens is 1. The minimum absolute atomic E-state index is 0.00468. The zero-order valence-corrected chi connectivity index (χ0v) is 12.2. The number of amides is 1. The smallest absolute Gasteiger partial charge is 0.224 e. The summed E-state index contributed by atoms with van der Waals surface area (Å²) in [4.78, 5) is 11.5. The number of nitrogens with one attached hydrogen (secondary N) is 2. The molecule has 19 heavy (non-hydrogen) atoms. The second-order valence-corrected chi connectivity index (χ2v) is 4.99. The Morgan fingerprint density at radius 2 is 1.68 bits per heavy atom. The van der Waals surface area contributed by atoms with E-state index in [1.165, 1.54) is 0 Å². The van der Waals surface area contributed by atoms with Gasteiger partial charge in [-0.2, -0.15) is 0 Å². The molecule has 0 heterocycles. The molecular weight excluding hydrogens is 304 g/mol. The Hall–Kier alpha value is -1.81. The van der Waals surface area contributed by atoms with Gasteiger partial charge in [0.15, 0.2) is 0 Å². The van der Waals surface area contributed by atoms with Crippen LogP contribution in [0.1, 0.15) is 13.3 Å². The van der Waals surface area contributed by atoms with Gasteiger partial charge in [-0.3, -0.25) is 4.79 Å². The summed E-state index contributed by atoms with van der Waals surface area (Å²) in [5.41, 5.74) is 2.64. The lowest BCUT2D eigenvalue weighted by Crippen LogP contribution is -2.10. The van der Waals surface area contributed by atoms with Crippen molar-refractivity contribution in [1.82, 2.24) is 0 Å². The highest BCUT2D eigenvalue weighted by molar-refractivity contribution is 9.10. The normalized spacial score (nSPS) is 10.0. The highest BCUT2D eigenvalue weighted by Gasteiger charge is 2.04. The van der Waals surface area contributed by atoms with Gasteiger partial charge in [0.1, 0.15) is 0 Å². The fourth-order valence-electron chi connectivity index (χ4n) is 1.63. The lowest BCUT2D eigenvalue weighted by atomic mass is 10.2. The number of para-hydroxylation sites is 2. The molecule has 0 bridgehead atoms. The van der Waals surface area contributed by atoms with Gasteiger partial charge in [0.2, 0.25) is 5.91 Å². The topological polar surface area (TPSA) is 41.1 Å². The average Bonchev–Trinajstić information content (AvgIpc) is 2.43. The number of hydrogen-bond donors (Lipinski definition) is 2. The third-order valence-electron chi connectivity index (χ3n) is 2.65. The molecule has 0 fully saturated rings. The van der Waals surface area contributed by atoms with Crippen molar-refractivity contribution in [3.8, 4) is 0 Å². The summed E-state index contributed by atoms with van der Waals surface area (Å²) in [5, 5.41) is 6.17. The highest BCUT2D eigenvalue weighted by Crippen LogP contribution is 2.26. The van der Waals surface area contributed by atoms with Crippen molar-refractivity contribution in [3.63, 3.8) is 0 Å². The monoisotopic (exact) mass is 318 g/mol. The second kappa shape index (κ2) is 6.38. The van der Waals surface area contributed by atoms with Gasteiger partial charge in [-0.25, -0.2) is 0 Å². The van der Waals surface area contributed by atoms with E-state index in [9.17, 15) is 4.79 Å². The van der Waals surface area contributed by atoms with E-state index in [2.05, 4.69) is 26.6 Å². The third kappa shape index (κ3) is 3.83. The zero-order chi connectivity index (χ0) is 13.7. The molecule has 1 amide bonds. The summed E-state index contributed by atoms with van der Waals surface area (Å²) in [6, 6.07) is 15.5. The Bertz CT molecular complexity index is 567. The molecule has 0 radical (unpaired) electrons. The lowest BCUT2D eigenvalue weighted by Gasteiger charge is -2.12. The quantitative estimate of drug-likeness (QED) is 0.868. The predicted molar refractivity (Wildman–Crippen MR) is 82.8 cm³/mol. The largest absolute Gasteiger partial charge is 0.354 e. The van der Waals surface area contributed by atoms with Crippen LogP contribution in [-0.2, 0) is 4.79 Å². The van der Waals surface area contributed by atoms with Crippen molar-refractivity contribution < 1.29 is 4.79 Å². The molecular formula is C15H15BrN2O. The molecule has 0 atom stereocenters. The third-order valence-corrected chi connectivity index (χ3v) is 3.17. The van der Waals surface area contributed by atoms with Crippen LogP contribution in [0.2, 0.25) is 0 Å². The Kier molecular flexibility index (Phi) is 4.58. The molecule has 3 nitrogen and oxygen atoms in total. The number of benzene rings is 2. The summed E-state index contributed by atoms with van der Waals surface area (Å²) in [7, 11) is 0. The van der Waals surface area contributed by atoms with Crippen LogP contribution in [0.4, 0.5) is 17.1 Å². The number of carbonyl (C=O) groups excluding carboxylic acids is 1. The number of carbonyl (C=O) groups is 1. The van der Waals surface area contributed by atoms with Crippen molar-refractivity contribution in [1.29, 1.82) is 0 Å². The highest BCUT2D eigenvalue weighted by atomic mass is 79.9. The number of rotatable bonds is 4. The maximum atomic E-state index is 11.5. The maximum absolute atomic E-state index is 11.5. The van der Waals surface area contributed by atoms with Gasteiger partial charge < -0.3 is 10.6 Å². The molecule has 4 heteroatoms. The van der Waals surface area contributed by atoms with Crippen molar-refractivity contribution in [2.75, 3.05) is 10.6 Å². The molecule has 0 aliphatic carbocycles. The molecule has 0 spiro atoms. The van der Waals surface area contributed by atoms with Crippen LogP contribution >= 0.6 is 15.9 Å². The van der Waals surface area contributed by atoms with Gasteiger partial charge in [-0.15, -0.1) is 0 Å². The molecule has 2 N–H and O–H groups in total. The van der Waals surface area contributed by atoms with Gasteiger partial charge in [0.05, 0.1) is 11.4 Å². The zero-order valence-electron chi connectivity index (χ0n) is 10.6. The predicted octanol–water partition coefficient (Wildman–Crippen LogP) is 4.54. The van der Waals surface area contributed by atoms with Gasteiger partial charge >= 0.3 is 0 Å². The molecule has 2 aromatic rings. The Balaban J connectivity index is 2.20. The van der Waals surface area contributed by atoms with Crippen molar-refractivity contribution >= 4 is 38.9 Å². The minimum atomic E-state index is 0.00468. The molecule has 0 aliphatic rings. The molecule has 0 saturated carbocycles. The van der Waals surface area contributed by atoms with Crippen LogP contribution in [0.25, 0.3) is 0 Å². The lowest BCUT2D eigenvalue weighted by molar-refractivity contribution is -0.115. The molecule has 0 aliphatic heterocycles. The van der Waals surface area contributed by atoms with Gasteiger partial charge in [-0.1, -0.05) is 35.0 Å². The van der Waals surface area contributed by atoms with E-state index in [4.69, 9.17) is 0 Å². The van der Waals surface area contributed by atoms with E-state index in [0.29, 0.717) is 6.42 Å². The molecule has 98 valence electrons. The maximum Gasteiger partial charge on any atom is 0.224 e. The first-order valence-electron chi connectivity index (χ1n) is 6.10. The first kappa shape index (κ1) is 13.6. The van der Waals surface area contributed by atoms with Crippen LogP contribution in [0, 0.1) is 0 Å². The Labute approximate surface area is 121 Å². The summed E-state index contributed by atoms with van der Waals surface area (Å²) >= 11 is 3.40. The molecule has 0 unspecified atom stereocenters. The molecule has 0 saturated heterocycles. The SMILES string of the molecule is CCC(=O)Nc1ccccc1Nc1ccc(Br)cc1. The first-order valence-corrected chi connectivity index (χ1v) is 6.90. The summed E-state index contributed by atoms with van der Waals surface area (Å²) in [6.45, 7) is 1.83. The summed E-state index contributed by atoms with van der Waals surface area (Å²) < 4.78 is 1.03. The second-order valence-electron chi connectivity index (χ2n) is 4.08. The fourth-order valence-corrected chi connectivity index (χ4v) is 1.89. The van der Waals surface area contributed by atoms with Crippen molar-refractivity contribution in [2.24, 2.45) is 0 Å². The van der Waals surface area contributed by atoms with E-state index in [0.717, 1.165) is 21.5 Å². The molecule has 0 aromatic heterocycles. The van der Waals surface area contributed by atoms with Gasteiger partial charge in [0.25, 0.3) is 0 Å². The van der Waals surface area contributed by atoms with E-state index in [-0.39, 0.29) is 5.91 Å². The van der Waals surface area contributed by atoms with Crippen LogP contribution in [0.5, 0.6) is 0 Å². The van der Waals surface area contributed by atoms with E-state index in [1.54, 1.807) is 0 Å². The fraction of sp³-hybridized carbons (Fsp3) is 0.133. The van der Waals surface area contributed by atoms with E-state index in [1.807, 2.05) is 55.5 Å². The summed E-state index contributed by atoms with van der Waals surface area (Å²) in [5.74, 6) is 0.00468. The van der Waals surface area contributed by atoms with Crippen molar-refractivity contribution in [3.05, 3.63) is 53.0 Å². The molecule has 2 aromatic carbocycles. The van der Waals surface area contributed by atoms with E-state index < -0.39 is 0 Å². The van der Waals surface area contributed by atoms with Gasteiger partial charge in [-0.05, 0) is 36.4 Å². The Morgan fingerprint density at radius 1 is 1.05 bits per heavy atom. The Morgan fingerprint density at radius 3 is 2.32 bits per heavy atom. The van der Waals surface area contributed by atoms with Crippen LogP contribution in [0.3, 0.4) is 0 Å². The van der Waals surface area contributed by atoms with Crippen LogP contribution in [0.15, 0.2) is 53.0 Å². The minimum Gasteiger partial charge on any atom is -0.354 e. The standard InChI is InChI=1S/C15H15BrN2O/c1-2-15(19)18-14-6-4-3-5-13(14)17-12-9-7-11(16)8-10-12/h3-10,17H,2H2,1H3,(H,18,19). The van der Waals surface area contributed by atoms with Crippen LogP contribution in [-0.4, -0.2) is 5.91 Å². The average molecular weight is 319 g/mol. The van der Waals surface area contributed by atoms with Crippen molar-refractivity contribution in [2.45, 2.75) is 13.3 Å². The molecule has 2 rings (SSSR count). The number of hydrogen-bond acceptors (Lipinski definition) is 2. The van der Waals surface area contributed by atoms with Crippen LogP contribution < -0.4 is 10.6 Å². The van der Waals surface area contributed by atoms with E-state index >= 15 is 0 Å². The first-order chi connectivity index (χ1) is 9.19. The van der Waals surface area contributed by atoms with Gasteiger partial charge in [0, 0.05) is 16.6 Å². The number of anilines is 3. The summed E-state index contributed by atoms with van der Waals surface area (Å²) in [6.07, 6.45) is 0.465.